The number of ether oxygens (including phenoxy) is 1. The summed E-state index contributed by atoms with van der Waals surface area (Å²) in [5.41, 5.74) is 3.73. The second-order valence-electron chi connectivity index (χ2n) is 7.01. The van der Waals surface area contributed by atoms with E-state index in [9.17, 15) is 4.79 Å². The van der Waals surface area contributed by atoms with Gasteiger partial charge in [0.25, 0.3) is 5.91 Å². The second kappa shape index (κ2) is 5.72. The Bertz CT molecular complexity index is 741. The zero-order valence-electron chi connectivity index (χ0n) is 14.1. The number of nitrogens with one attached hydrogen (secondary N) is 1. The second-order valence-corrected chi connectivity index (χ2v) is 7.01. The number of hydrogen-bond acceptors (Lipinski definition) is 3. The highest BCUT2D eigenvalue weighted by Crippen LogP contribution is 2.26. The van der Waals surface area contributed by atoms with Gasteiger partial charge in [0.15, 0.2) is 0 Å². The van der Waals surface area contributed by atoms with Gasteiger partial charge in [-0.15, -0.1) is 0 Å². The Hall–Kier alpha value is -2.30. The quantitative estimate of drug-likeness (QED) is 0.947. The molecule has 0 unspecified atom stereocenters. The van der Waals surface area contributed by atoms with E-state index in [1.165, 1.54) is 5.56 Å². The summed E-state index contributed by atoms with van der Waals surface area (Å²) in [6.45, 7) is 7.51. The number of nitrogens with zero attached hydrogens (tertiary/aromatic N) is 2. The van der Waals surface area contributed by atoms with Crippen LogP contribution in [0, 0.1) is 0 Å². The van der Waals surface area contributed by atoms with Crippen LogP contribution in [0.4, 0.5) is 0 Å². The molecular weight excluding hydrogens is 290 g/mol. The summed E-state index contributed by atoms with van der Waals surface area (Å²) in [6.07, 6.45) is 0.938. The Morgan fingerprint density at radius 1 is 1.35 bits per heavy atom. The van der Waals surface area contributed by atoms with Gasteiger partial charge in [-0.25, -0.2) is 0 Å². The fourth-order valence-corrected chi connectivity index (χ4v) is 2.67. The first-order chi connectivity index (χ1) is 10.8. The first-order valence-corrected chi connectivity index (χ1v) is 7.92. The third-order valence-electron chi connectivity index (χ3n) is 4.09. The van der Waals surface area contributed by atoms with E-state index in [4.69, 9.17) is 4.74 Å². The van der Waals surface area contributed by atoms with Crippen LogP contribution in [0.3, 0.4) is 0 Å². The van der Waals surface area contributed by atoms with Gasteiger partial charge >= 0.3 is 0 Å². The minimum absolute atomic E-state index is 0.0731. The fraction of sp³-hybridized carbons (Fsp3) is 0.444. The van der Waals surface area contributed by atoms with Crippen molar-refractivity contribution in [3.05, 3.63) is 46.8 Å². The Morgan fingerprint density at radius 2 is 2.13 bits per heavy atom. The van der Waals surface area contributed by atoms with Gasteiger partial charge in [0, 0.05) is 25.4 Å². The first-order valence-electron chi connectivity index (χ1n) is 7.92. The molecule has 0 saturated heterocycles. The average molecular weight is 313 g/mol. The molecule has 2 heterocycles. The zero-order valence-corrected chi connectivity index (χ0v) is 14.1. The summed E-state index contributed by atoms with van der Waals surface area (Å²) < 4.78 is 7.15. The van der Waals surface area contributed by atoms with Crippen molar-refractivity contribution in [2.75, 3.05) is 6.61 Å². The highest BCUT2D eigenvalue weighted by Gasteiger charge is 2.21. The first kappa shape index (κ1) is 15.6. The lowest BCUT2D eigenvalue weighted by molar-refractivity contribution is 0.0941. The molecule has 5 nitrogen and oxygen atoms in total. The van der Waals surface area contributed by atoms with Crippen LogP contribution in [0.1, 0.15) is 48.1 Å². The van der Waals surface area contributed by atoms with Crippen LogP contribution in [0.25, 0.3) is 0 Å². The predicted molar refractivity (Wildman–Crippen MR) is 88.7 cm³/mol. The van der Waals surface area contributed by atoms with Gasteiger partial charge < -0.3 is 10.1 Å². The zero-order chi connectivity index (χ0) is 16.6. The molecule has 23 heavy (non-hydrogen) atoms. The van der Waals surface area contributed by atoms with Gasteiger partial charge in [-0.2, -0.15) is 5.10 Å². The van der Waals surface area contributed by atoms with E-state index in [0.29, 0.717) is 12.2 Å². The SMILES string of the molecule is Cn1nc(C(C)(C)C)cc1C(=O)NCc1ccc2c(c1)CCO2. The van der Waals surface area contributed by atoms with Crippen molar-refractivity contribution in [3.63, 3.8) is 0 Å². The van der Waals surface area contributed by atoms with Gasteiger partial charge in [0.05, 0.1) is 12.3 Å². The van der Waals surface area contributed by atoms with Gasteiger partial charge in [-0.1, -0.05) is 32.9 Å². The maximum atomic E-state index is 12.4. The Labute approximate surface area is 136 Å². The molecule has 122 valence electrons. The molecule has 1 aliphatic heterocycles. The molecule has 1 N–H and O–H groups in total. The lowest BCUT2D eigenvalue weighted by Crippen LogP contribution is -2.25. The Balaban J connectivity index is 1.69. The van der Waals surface area contributed by atoms with Crippen molar-refractivity contribution in [1.29, 1.82) is 0 Å². The van der Waals surface area contributed by atoms with E-state index in [2.05, 4.69) is 37.3 Å². The number of hydrogen-bond donors (Lipinski definition) is 1. The average Bonchev–Trinajstić information content (AvgIpc) is 3.09. The van der Waals surface area contributed by atoms with E-state index in [0.717, 1.165) is 30.0 Å². The minimum Gasteiger partial charge on any atom is -0.493 e. The van der Waals surface area contributed by atoms with Gasteiger partial charge in [0.1, 0.15) is 11.4 Å². The molecule has 0 atom stereocenters. The molecule has 0 spiro atoms. The van der Waals surface area contributed by atoms with Crippen LogP contribution in [0.5, 0.6) is 5.75 Å². The van der Waals surface area contributed by atoms with Gasteiger partial charge in [-0.05, 0) is 23.3 Å². The number of aromatic nitrogens is 2. The van der Waals surface area contributed by atoms with E-state index in [1.807, 2.05) is 18.2 Å². The van der Waals surface area contributed by atoms with Gasteiger partial charge in [0.2, 0.25) is 0 Å². The molecule has 5 heteroatoms. The molecule has 0 fully saturated rings. The van der Waals surface area contributed by atoms with E-state index in [1.54, 1.807) is 11.7 Å². The maximum absolute atomic E-state index is 12.4. The van der Waals surface area contributed by atoms with E-state index >= 15 is 0 Å². The summed E-state index contributed by atoms with van der Waals surface area (Å²) in [4.78, 5) is 12.4. The van der Waals surface area contributed by atoms with Crippen LogP contribution in [-0.4, -0.2) is 22.3 Å². The number of rotatable bonds is 3. The third-order valence-corrected chi connectivity index (χ3v) is 4.09. The summed E-state index contributed by atoms with van der Waals surface area (Å²) in [7, 11) is 1.80. The summed E-state index contributed by atoms with van der Waals surface area (Å²) in [5.74, 6) is 0.855. The fourth-order valence-electron chi connectivity index (χ4n) is 2.67. The largest absolute Gasteiger partial charge is 0.493 e. The highest BCUT2D eigenvalue weighted by molar-refractivity contribution is 5.92. The minimum atomic E-state index is -0.104. The molecule has 3 rings (SSSR count). The van der Waals surface area contributed by atoms with Gasteiger partial charge in [-0.3, -0.25) is 9.48 Å². The van der Waals surface area contributed by atoms with Crippen LogP contribution in [0.2, 0.25) is 0 Å². The number of benzene rings is 1. The summed E-state index contributed by atoms with van der Waals surface area (Å²) >= 11 is 0. The van der Waals surface area contributed by atoms with E-state index in [-0.39, 0.29) is 11.3 Å². The standard InChI is InChI=1S/C18H23N3O2/c1-18(2,3)16-10-14(21(4)20-16)17(22)19-11-12-5-6-15-13(9-12)7-8-23-15/h5-6,9-10H,7-8,11H2,1-4H3,(H,19,22). The number of amides is 1. The molecule has 1 aromatic heterocycles. The number of carbonyl (C=O) groups excluding carboxylic acids is 1. The molecule has 1 aliphatic rings. The van der Waals surface area contributed by atoms with Crippen LogP contribution in [0.15, 0.2) is 24.3 Å². The van der Waals surface area contributed by atoms with Crippen LogP contribution >= 0.6 is 0 Å². The maximum Gasteiger partial charge on any atom is 0.269 e. The topological polar surface area (TPSA) is 56.2 Å². The number of fused-ring (bicyclic) bond motifs is 1. The van der Waals surface area contributed by atoms with Crippen molar-refractivity contribution >= 4 is 5.91 Å². The molecule has 0 aliphatic carbocycles. The Kier molecular flexibility index (Phi) is 3.88. The molecule has 2 aromatic rings. The van der Waals surface area contributed by atoms with Crippen molar-refractivity contribution in [2.24, 2.45) is 7.05 Å². The molecule has 0 radical (unpaired) electrons. The summed E-state index contributed by atoms with van der Waals surface area (Å²) in [5, 5.41) is 7.42. The van der Waals surface area contributed by atoms with Crippen LogP contribution in [-0.2, 0) is 25.4 Å². The van der Waals surface area contributed by atoms with Crippen LogP contribution < -0.4 is 10.1 Å². The smallest absolute Gasteiger partial charge is 0.269 e. The number of carbonyl (C=O) groups is 1. The third kappa shape index (κ3) is 3.23. The molecule has 1 aromatic carbocycles. The van der Waals surface area contributed by atoms with Crippen molar-refractivity contribution in [1.82, 2.24) is 15.1 Å². The molecule has 1 amide bonds. The van der Waals surface area contributed by atoms with Crippen molar-refractivity contribution in [2.45, 2.75) is 39.2 Å². The number of aryl methyl sites for hydroxylation is 1. The highest BCUT2D eigenvalue weighted by atomic mass is 16.5. The normalized spacial score (nSPS) is 13.6. The predicted octanol–water partition coefficient (Wildman–Crippen LogP) is 2.58. The van der Waals surface area contributed by atoms with Crippen molar-refractivity contribution in [3.8, 4) is 5.75 Å². The molecule has 0 saturated carbocycles. The summed E-state index contributed by atoms with van der Waals surface area (Å²) in [6, 6.07) is 7.94. The monoisotopic (exact) mass is 313 g/mol. The molecular formula is C18H23N3O2. The lowest BCUT2D eigenvalue weighted by atomic mass is 9.92. The van der Waals surface area contributed by atoms with E-state index < -0.39 is 0 Å². The Morgan fingerprint density at radius 3 is 2.83 bits per heavy atom. The lowest BCUT2D eigenvalue weighted by Gasteiger charge is -2.13. The molecule has 0 bridgehead atoms. The van der Waals surface area contributed by atoms with Crippen molar-refractivity contribution < 1.29 is 9.53 Å².